The van der Waals surface area contributed by atoms with Crippen LogP contribution in [0.15, 0.2) is 47.7 Å². The molecule has 3 aliphatic rings. The van der Waals surface area contributed by atoms with Crippen molar-refractivity contribution in [3.63, 3.8) is 0 Å². The Kier molecular flexibility index (Phi) is 6.15. The molecule has 2 aromatic heterocycles. The van der Waals surface area contributed by atoms with Crippen molar-refractivity contribution in [3.8, 4) is 0 Å². The Morgan fingerprint density at radius 1 is 1.10 bits per heavy atom. The quantitative estimate of drug-likeness (QED) is 0.391. The molecular weight excluding hydrogens is 488 g/mol. The van der Waals surface area contributed by atoms with E-state index in [0.29, 0.717) is 24.6 Å². The van der Waals surface area contributed by atoms with E-state index in [1.54, 1.807) is 0 Å². The maximum atomic E-state index is 13.7. The number of nitrogens with zero attached hydrogens (tertiary/aromatic N) is 6. The molecule has 2 fully saturated rings. The highest BCUT2D eigenvalue weighted by atomic mass is 16.1. The van der Waals surface area contributed by atoms with Gasteiger partial charge in [0.15, 0.2) is 0 Å². The first-order chi connectivity index (χ1) is 19.1. The SMILES string of the molecule is CN1CCN(c2cc3nc(Cc4nccn4C4CCCC4)[nH]c3cc2C(=O)Nc2ccc3c(c2)C=NC3)CC1. The van der Waals surface area contributed by atoms with Crippen LogP contribution in [0.1, 0.15) is 64.9 Å². The highest BCUT2D eigenvalue weighted by Gasteiger charge is 2.24. The fraction of sp³-hybridized carbons (Fsp3) is 0.400. The van der Waals surface area contributed by atoms with Crippen LogP contribution in [-0.4, -0.2) is 69.8 Å². The van der Waals surface area contributed by atoms with Crippen LogP contribution >= 0.6 is 0 Å². The van der Waals surface area contributed by atoms with Crippen molar-refractivity contribution in [1.82, 2.24) is 24.4 Å². The van der Waals surface area contributed by atoms with Gasteiger partial charge in [0.25, 0.3) is 5.91 Å². The van der Waals surface area contributed by atoms with Crippen LogP contribution < -0.4 is 10.2 Å². The van der Waals surface area contributed by atoms with Crippen molar-refractivity contribution in [2.24, 2.45) is 4.99 Å². The average molecular weight is 523 g/mol. The van der Waals surface area contributed by atoms with Crippen LogP contribution in [0.4, 0.5) is 11.4 Å². The van der Waals surface area contributed by atoms with Crippen molar-refractivity contribution < 1.29 is 4.79 Å². The third kappa shape index (κ3) is 4.71. The molecule has 1 saturated carbocycles. The summed E-state index contributed by atoms with van der Waals surface area (Å²) in [5.74, 6) is 1.79. The number of H-pyrrole nitrogens is 1. The van der Waals surface area contributed by atoms with Crippen molar-refractivity contribution in [3.05, 3.63) is 71.1 Å². The lowest BCUT2D eigenvalue weighted by molar-refractivity contribution is 0.102. The monoisotopic (exact) mass is 522 g/mol. The molecule has 0 atom stereocenters. The number of rotatable bonds is 6. The summed E-state index contributed by atoms with van der Waals surface area (Å²) in [7, 11) is 2.14. The Hall–Kier alpha value is -3.98. The number of aliphatic imine (C=N–C) groups is 1. The van der Waals surface area contributed by atoms with Gasteiger partial charge >= 0.3 is 0 Å². The third-order valence-electron chi connectivity index (χ3n) is 8.43. The molecule has 1 amide bonds. The summed E-state index contributed by atoms with van der Waals surface area (Å²) in [6, 6.07) is 10.6. The van der Waals surface area contributed by atoms with Gasteiger partial charge in [-0.15, -0.1) is 0 Å². The van der Waals surface area contributed by atoms with Crippen molar-refractivity contribution in [2.45, 2.75) is 44.7 Å². The number of hydrogen-bond donors (Lipinski definition) is 2. The Balaban J connectivity index is 1.21. The van der Waals surface area contributed by atoms with Crippen LogP contribution in [0.25, 0.3) is 11.0 Å². The van der Waals surface area contributed by atoms with Crippen LogP contribution in [0.3, 0.4) is 0 Å². The van der Waals surface area contributed by atoms with Gasteiger partial charge in [-0.25, -0.2) is 9.97 Å². The first-order valence-electron chi connectivity index (χ1n) is 14.0. The Morgan fingerprint density at radius 3 is 2.79 bits per heavy atom. The minimum absolute atomic E-state index is 0.117. The molecule has 1 saturated heterocycles. The van der Waals surface area contributed by atoms with Gasteiger partial charge in [0.05, 0.1) is 35.2 Å². The number of carbonyl (C=O) groups excluding carboxylic acids is 1. The summed E-state index contributed by atoms with van der Waals surface area (Å²) >= 11 is 0. The number of amides is 1. The molecule has 39 heavy (non-hydrogen) atoms. The second-order valence-corrected chi connectivity index (χ2v) is 11.1. The molecule has 4 aromatic rings. The number of aromatic nitrogens is 4. The largest absolute Gasteiger partial charge is 0.368 e. The fourth-order valence-corrected chi connectivity index (χ4v) is 6.20. The topological polar surface area (TPSA) is 94.4 Å². The zero-order valence-corrected chi connectivity index (χ0v) is 22.4. The number of imidazole rings is 2. The van der Waals surface area contributed by atoms with Gasteiger partial charge in [-0.1, -0.05) is 18.9 Å². The zero-order valence-electron chi connectivity index (χ0n) is 22.4. The minimum Gasteiger partial charge on any atom is -0.368 e. The molecule has 0 radical (unpaired) electrons. The van der Waals surface area contributed by atoms with Gasteiger partial charge in [-0.05, 0) is 55.3 Å². The number of carbonyl (C=O) groups is 1. The lowest BCUT2D eigenvalue weighted by Gasteiger charge is -2.35. The number of nitrogens with one attached hydrogen (secondary N) is 2. The molecule has 9 nitrogen and oxygen atoms in total. The second kappa shape index (κ2) is 9.96. The fourth-order valence-electron chi connectivity index (χ4n) is 6.20. The summed E-state index contributed by atoms with van der Waals surface area (Å²) in [6.07, 6.45) is 11.5. The molecule has 0 spiro atoms. The highest BCUT2D eigenvalue weighted by molar-refractivity contribution is 6.10. The molecule has 0 bridgehead atoms. The maximum absolute atomic E-state index is 13.7. The molecule has 1 aliphatic carbocycles. The third-order valence-corrected chi connectivity index (χ3v) is 8.43. The van der Waals surface area contributed by atoms with Gasteiger partial charge in [0.2, 0.25) is 0 Å². The summed E-state index contributed by atoms with van der Waals surface area (Å²) < 4.78 is 2.33. The molecule has 2 N–H and O–H groups in total. The molecule has 200 valence electrons. The molecular formula is C30H34N8O. The Labute approximate surface area is 228 Å². The Bertz CT molecular complexity index is 1550. The van der Waals surface area contributed by atoms with E-state index < -0.39 is 0 Å². The van der Waals surface area contributed by atoms with E-state index in [2.05, 4.69) is 54.0 Å². The van der Waals surface area contributed by atoms with Crippen LogP contribution in [-0.2, 0) is 13.0 Å². The van der Waals surface area contributed by atoms with Gasteiger partial charge in [0.1, 0.15) is 11.6 Å². The summed E-state index contributed by atoms with van der Waals surface area (Å²) in [4.78, 5) is 35.8. The molecule has 0 unspecified atom stereocenters. The summed E-state index contributed by atoms with van der Waals surface area (Å²) in [5, 5.41) is 3.14. The van der Waals surface area contributed by atoms with Crippen molar-refractivity contribution in [1.29, 1.82) is 0 Å². The van der Waals surface area contributed by atoms with Gasteiger partial charge in [-0.2, -0.15) is 0 Å². The summed E-state index contributed by atoms with van der Waals surface area (Å²) in [6.45, 7) is 4.36. The minimum atomic E-state index is -0.117. The average Bonchev–Trinajstić information content (AvgIpc) is 3.75. The van der Waals surface area contributed by atoms with Crippen molar-refractivity contribution >= 4 is 34.5 Å². The lowest BCUT2D eigenvalue weighted by Crippen LogP contribution is -2.45. The number of aromatic amines is 1. The van der Waals surface area contributed by atoms with E-state index >= 15 is 0 Å². The predicted molar refractivity (Wildman–Crippen MR) is 154 cm³/mol. The highest BCUT2D eigenvalue weighted by Crippen LogP contribution is 2.32. The van der Waals surface area contributed by atoms with E-state index in [1.807, 2.05) is 36.7 Å². The number of benzene rings is 2. The lowest BCUT2D eigenvalue weighted by atomic mass is 10.1. The van der Waals surface area contributed by atoms with Gasteiger partial charge in [0, 0.05) is 56.5 Å². The molecule has 4 heterocycles. The standard InChI is InChI=1S/C30H34N8O/c1-36-10-12-37(13-11-36)27-16-26-25(15-24(27)30(39)33-22-7-6-20-18-31-19-21(20)14-22)34-28(35-26)17-29-32-8-9-38(29)23-4-2-3-5-23/h6-9,14-16,19,23H,2-5,10-13,17-18H2,1H3,(H,33,39)(H,34,35). The number of anilines is 2. The molecule has 2 aliphatic heterocycles. The molecule has 2 aromatic carbocycles. The number of fused-ring (bicyclic) bond motifs is 2. The van der Waals surface area contributed by atoms with E-state index in [9.17, 15) is 4.79 Å². The van der Waals surface area contributed by atoms with Gasteiger partial charge in [-0.3, -0.25) is 9.79 Å². The van der Waals surface area contributed by atoms with E-state index in [0.717, 1.165) is 65.8 Å². The predicted octanol–water partition coefficient (Wildman–Crippen LogP) is 4.40. The van der Waals surface area contributed by atoms with E-state index in [1.165, 1.54) is 31.2 Å². The first-order valence-corrected chi connectivity index (χ1v) is 14.0. The number of piperazine rings is 1. The van der Waals surface area contributed by atoms with Crippen LogP contribution in [0, 0.1) is 0 Å². The van der Waals surface area contributed by atoms with E-state index in [-0.39, 0.29) is 5.91 Å². The molecule has 9 heteroatoms. The zero-order chi connectivity index (χ0) is 26.3. The molecule has 7 rings (SSSR count). The second-order valence-electron chi connectivity index (χ2n) is 11.1. The van der Waals surface area contributed by atoms with Crippen LogP contribution in [0.2, 0.25) is 0 Å². The summed E-state index contributed by atoms with van der Waals surface area (Å²) in [5.41, 5.74) is 6.37. The first kappa shape index (κ1) is 24.1. The van der Waals surface area contributed by atoms with Crippen LogP contribution in [0.5, 0.6) is 0 Å². The normalized spacial score (nSPS) is 17.8. The number of hydrogen-bond acceptors (Lipinski definition) is 6. The van der Waals surface area contributed by atoms with Gasteiger partial charge < -0.3 is 24.7 Å². The van der Waals surface area contributed by atoms with Crippen molar-refractivity contribution in [2.75, 3.05) is 43.4 Å². The Morgan fingerprint density at radius 2 is 1.95 bits per heavy atom. The van der Waals surface area contributed by atoms with E-state index in [4.69, 9.17) is 4.98 Å². The number of likely N-dealkylation sites (N-methyl/N-ethyl adjacent to an activating group) is 1. The smallest absolute Gasteiger partial charge is 0.257 e. The maximum Gasteiger partial charge on any atom is 0.257 e.